The van der Waals surface area contributed by atoms with Gasteiger partial charge in [0.1, 0.15) is 11.3 Å². The third-order valence-electron chi connectivity index (χ3n) is 2.72. The lowest BCUT2D eigenvalue weighted by Crippen LogP contribution is -2.02. The van der Waals surface area contributed by atoms with Crippen molar-refractivity contribution >= 4 is 11.7 Å². The molecule has 0 bridgehead atoms. The zero-order valence-corrected chi connectivity index (χ0v) is 10.9. The van der Waals surface area contributed by atoms with Gasteiger partial charge < -0.3 is 9.84 Å². The Morgan fingerprint density at radius 3 is 2.62 bits per heavy atom. The van der Waals surface area contributed by atoms with E-state index in [4.69, 9.17) is 9.84 Å². The molecule has 0 radical (unpaired) electrons. The summed E-state index contributed by atoms with van der Waals surface area (Å²) in [4.78, 5) is 21.1. The van der Waals surface area contributed by atoms with Gasteiger partial charge in [-0.3, -0.25) is 10.1 Å². The Morgan fingerprint density at radius 2 is 2.00 bits per heavy atom. The number of para-hydroxylation sites is 1. The van der Waals surface area contributed by atoms with Gasteiger partial charge >= 0.3 is 11.7 Å². The van der Waals surface area contributed by atoms with Crippen LogP contribution in [-0.2, 0) is 0 Å². The smallest absolute Gasteiger partial charge is 0.346 e. The first-order valence-corrected chi connectivity index (χ1v) is 5.85. The van der Waals surface area contributed by atoms with Gasteiger partial charge in [0, 0.05) is 0 Å². The van der Waals surface area contributed by atoms with E-state index in [0.717, 1.165) is 6.07 Å². The van der Waals surface area contributed by atoms with Crippen molar-refractivity contribution in [3.63, 3.8) is 0 Å². The zero-order valence-electron chi connectivity index (χ0n) is 10.9. The third kappa shape index (κ3) is 2.97. The van der Waals surface area contributed by atoms with Gasteiger partial charge in [-0.2, -0.15) is 4.39 Å². The highest BCUT2D eigenvalue weighted by Crippen LogP contribution is 2.35. The number of benzene rings is 2. The van der Waals surface area contributed by atoms with Crippen LogP contribution in [0.15, 0.2) is 36.4 Å². The standard InChI is InChI=1S/C14H10FNO5/c1-8-5-6-9(14(17)18)12(7-8)21-11-4-2-3-10(15)13(11)16(19)20/h2-7H,1H3,(H,17,18). The maximum atomic E-state index is 13.5. The molecule has 0 aliphatic carbocycles. The Kier molecular flexibility index (Phi) is 3.84. The van der Waals surface area contributed by atoms with Crippen molar-refractivity contribution in [1.29, 1.82) is 0 Å². The zero-order chi connectivity index (χ0) is 15.6. The molecular formula is C14H10FNO5. The van der Waals surface area contributed by atoms with Gasteiger partial charge in [-0.05, 0) is 36.8 Å². The molecule has 0 atom stereocenters. The molecule has 0 fully saturated rings. The van der Waals surface area contributed by atoms with E-state index < -0.39 is 22.4 Å². The van der Waals surface area contributed by atoms with Gasteiger partial charge in [0.05, 0.1) is 4.92 Å². The summed E-state index contributed by atoms with van der Waals surface area (Å²) in [5, 5.41) is 20.0. The summed E-state index contributed by atoms with van der Waals surface area (Å²) in [5.41, 5.74) is -0.302. The van der Waals surface area contributed by atoms with Crippen molar-refractivity contribution in [2.45, 2.75) is 6.92 Å². The molecule has 6 nitrogen and oxygen atoms in total. The fraction of sp³-hybridized carbons (Fsp3) is 0.0714. The molecule has 0 aliphatic heterocycles. The van der Waals surface area contributed by atoms with Crippen molar-refractivity contribution in [3.05, 3.63) is 63.5 Å². The Balaban J connectivity index is 2.53. The molecular weight excluding hydrogens is 281 g/mol. The lowest BCUT2D eigenvalue weighted by molar-refractivity contribution is -0.388. The monoisotopic (exact) mass is 291 g/mol. The lowest BCUT2D eigenvalue weighted by Gasteiger charge is -2.10. The minimum Gasteiger partial charge on any atom is -0.478 e. The highest BCUT2D eigenvalue weighted by molar-refractivity contribution is 5.91. The topological polar surface area (TPSA) is 89.7 Å². The van der Waals surface area contributed by atoms with E-state index in [1.54, 1.807) is 13.0 Å². The Hall–Kier alpha value is -2.96. The number of nitro groups is 1. The third-order valence-corrected chi connectivity index (χ3v) is 2.72. The van der Waals surface area contributed by atoms with Gasteiger partial charge in [0.15, 0.2) is 0 Å². The first kappa shape index (κ1) is 14.4. The van der Waals surface area contributed by atoms with Crippen LogP contribution in [0.4, 0.5) is 10.1 Å². The molecule has 2 aromatic rings. The predicted octanol–water partition coefficient (Wildman–Crippen LogP) is 3.53. The van der Waals surface area contributed by atoms with Crippen LogP contribution in [0.2, 0.25) is 0 Å². The summed E-state index contributed by atoms with van der Waals surface area (Å²) < 4.78 is 18.8. The highest BCUT2D eigenvalue weighted by Gasteiger charge is 2.23. The number of carboxylic acids is 1. The molecule has 0 saturated carbocycles. The summed E-state index contributed by atoms with van der Waals surface area (Å²) in [7, 11) is 0. The van der Waals surface area contributed by atoms with Crippen LogP contribution in [0.1, 0.15) is 15.9 Å². The van der Waals surface area contributed by atoms with Crippen molar-refractivity contribution in [1.82, 2.24) is 0 Å². The van der Waals surface area contributed by atoms with E-state index in [-0.39, 0.29) is 17.1 Å². The molecule has 0 aromatic heterocycles. The van der Waals surface area contributed by atoms with Crippen molar-refractivity contribution < 1.29 is 24.0 Å². The molecule has 21 heavy (non-hydrogen) atoms. The predicted molar refractivity (Wildman–Crippen MR) is 71.3 cm³/mol. The number of hydrogen-bond acceptors (Lipinski definition) is 4. The highest BCUT2D eigenvalue weighted by atomic mass is 19.1. The molecule has 2 rings (SSSR count). The number of rotatable bonds is 4. The van der Waals surface area contributed by atoms with E-state index in [2.05, 4.69) is 0 Å². The molecule has 0 saturated heterocycles. The quantitative estimate of drug-likeness (QED) is 0.687. The Bertz CT molecular complexity index is 729. The minimum atomic E-state index is -1.25. The lowest BCUT2D eigenvalue weighted by atomic mass is 10.1. The number of carboxylic acid groups (broad SMARTS) is 1. The van der Waals surface area contributed by atoms with E-state index >= 15 is 0 Å². The second kappa shape index (κ2) is 5.58. The van der Waals surface area contributed by atoms with Crippen molar-refractivity contribution in [2.75, 3.05) is 0 Å². The molecule has 0 unspecified atom stereocenters. The summed E-state index contributed by atoms with van der Waals surface area (Å²) in [6.45, 7) is 1.71. The maximum absolute atomic E-state index is 13.5. The van der Waals surface area contributed by atoms with E-state index in [0.29, 0.717) is 5.56 Å². The number of hydrogen-bond donors (Lipinski definition) is 1. The van der Waals surface area contributed by atoms with Crippen LogP contribution in [0.3, 0.4) is 0 Å². The van der Waals surface area contributed by atoms with Crippen LogP contribution in [-0.4, -0.2) is 16.0 Å². The van der Waals surface area contributed by atoms with Gasteiger partial charge in [-0.25, -0.2) is 4.79 Å². The molecule has 2 aromatic carbocycles. The molecule has 108 valence electrons. The molecule has 0 amide bonds. The largest absolute Gasteiger partial charge is 0.478 e. The van der Waals surface area contributed by atoms with Crippen LogP contribution in [0, 0.1) is 22.9 Å². The average Bonchev–Trinajstić information content (AvgIpc) is 2.37. The number of nitrogens with zero attached hydrogens (tertiary/aromatic N) is 1. The number of aromatic carboxylic acids is 1. The van der Waals surface area contributed by atoms with Gasteiger partial charge in [0.25, 0.3) is 0 Å². The van der Waals surface area contributed by atoms with Crippen LogP contribution in [0.25, 0.3) is 0 Å². The number of ether oxygens (including phenoxy) is 1. The maximum Gasteiger partial charge on any atom is 0.346 e. The SMILES string of the molecule is Cc1ccc(C(=O)O)c(Oc2cccc(F)c2[N+](=O)[O-])c1. The van der Waals surface area contributed by atoms with E-state index in [1.165, 1.54) is 24.3 Å². The van der Waals surface area contributed by atoms with Crippen molar-refractivity contribution in [2.24, 2.45) is 0 Å². The van der Waals surface area contributed by atoms with Gasteiger partial charge in [0.2, 0.25) is 11.6 Å². The number of carbonyl (C=O) groups is 1. The molecule has 0 heterocycles. The minimum absolute atomic E-state index is 0.0869. The van der Waals surface area contributed by atoms with E-state index in [1.807, 2.05) is 0 Å². The molecule has 0 aliphatic rings. The van der Waals surface area contributed by atoms with Crippen LogP contribution in [0.5, 0.6) is 11.5 Å². The van der Waals surface area contributed by atoms with Crippen LogP contribution >= 0.6 is 0 Å². The first-order chi connectivity index (χ1) is 9.90. The summed E-state index contributed by atoms with van der Waals surface area (Å²) in [5.74, 6) is -2.74. The second-order valence-electron chi connectivity index (χ2n) is 4.25. The van der Waals surface area contributed by atoms with Crippen LogP contribution < -0.4 is 4.74 Å². The fourth-order valence-corrected chi connectivity index (χ4v) is 1.76. The molecule has 7 heteroatoms. The normalized spacial score (nSPS) is 10.2. The van der Waals surface area contributed by atoms with Crippen molar-refractivity contribution in [3.8, 4) is 11.5 Å². The second-order valence-corrected chi connectivity index (χ2v) is 4.25. The number of halogens is 1. The Morgan fingerprint density at radius 1 is 1.29 bits per heavy atom. The summed E-state index contributed by atoms with van der Waals surface area (Å²) in [6.07, 6.45) is 0. The Labute approximate surface area is 118 Å². The fourth-order valence-electron chi connectivity index (χ4n) is 1.76. The number of aryl methyl sites for hydroxylation is 1. The molecule has 0 spiro atoms. The van der Waals surface area contributed by atoms with Gasteiger partial charge in [-0.1, -0.05) is 12.1 Å². The van der Waals surface area contributed by atoms with Gasteiger partial charge in [-0.15, -0.1) is 0 Å². The number of nitro benzene ring substituents is 1. The summed E-state index contributed by atoms with van der Waals surface area (Å²) in [6, 6.07) is 7.68. The summed E-state index contributed by atoms with van der Waals surface area (Å²) >= 11 is 0. The first-order valence-electron chi connectivity index (χ1n) is 5.85. The van der Waals surface area contributed by atoms with E-state index in [9.17, 15) is 19.3 Å². The average molecular weight is 291 g/mol. The molecule has 1 N–H and O–H groups in total.